The van der Waals surface area contributed by atoms with Crippen molar-refractivity contribution in [3.63, 3.8) is 0 Å². The van der Waals surface area contributed by atoms with Gasteiger partial charge in [0, 0.05) is 25.8 Å². The van der Waals surface area contributed by atoms with Gasteiger partial charge in [-0.3, -0.25) is 4.79 Å². The molecule has 0 saturated carbocycles. The standard InChI is InChI=1S/C7H14N2O2S/c1-3-8-7(11)9-4-5-12-6(2)10/h3-5H2,1-2H3,(H2,8,9,11). The maximum Gasteiger partial charge on any atom is 0.314 e. The fourth-order valence-corrected chi connectivity index (χ4v) is 1.07. The fourth-order valence-electron chi connectivity index (χ4n) is 0.582. The summed E-state index contributed by atoms with van der Waals surface area (Å²) in [6.45, 7) is 4.50. The van der Waals surface area contributed by atoms with E-state index in [0.29, 0.717) is 18.8 Å². The van der Waals surface area contributed by atoms with Crippen LogP contribution in [0.25, 0.3) is 0 Å². The molecular formula is C7H14N2O2S. The highest BCUT2D eigenvalue weighted by Crippen LogP contribution is 1.97. The van der Waals surface area contributed by atoms with E-state index in [-0.39, 0.29) is 11.1 Å². The number of carbonyl (C=O) groups excluding carboxylic acids is 2. The zero-order valence-corrected chi connectivity index (χ0v) is 8.16. The molecule has 0 saturated heterocycles. The van der Waals surface area contributed by atoms with Crippen LogP contribution in [0.2, 0.25) is 0 Å². The van der Waals surface area contributed by atoms with Gasteiger partial charge in [0.1, 0.15) is 0 Å². The molecule has 0 radical (unpaired) electrons. The average molecular weight is 190 g/mol. The number of carbonyl (C=O) groups is 2. The Kier molecular flexibility index (Phi) is 6.55. The Hall–Kier alpha value is -0.710. The Bertz CT molecular complexity index is 161. The van der Waals surface area contributed by atoms with Gasteiger partial charge in [0.25, 0.3) is 0 Å². The van der Waals surface area contributed by atoms with Gasteiger partial charge in [-0.1, -0.05) is 11.8 Å². The van der Waals surface area contributed by atoms with Gasteiger partial charge in [0.2, 0.25) is 0 Å². The van der Waals surface area contributed by atoms with Crippen LogP contribution in [0, 0.1) is 0 Å². The van der Waals surface area contributed by atoms with Crippen molar-refractivity contribution in [2.75, 3.05) is 18.8 Å². The Morgan fingerprint density at radius 2 is 2.00 bits per heavy atom. The summed E-state index contributed by atoms with van der Waals surface area (Å²) in [5.74, 6) is 0.631. The van der Waals surface area contributed by atoms with Crippen LogP contribution < -0.4 is 10.6 Å². The summed E-state index contributed by atoms with van der Waals surface area (Å²) in [4.78, 5) is 21.2. The van der Waals surface area contributed by atoms with E-state index in [9.17, 15) is 9.59 Å². The van der Waals surface area contributed by atoms with Crippen LogP contribution in [0.1, 0.15) is 13.8 Å². The third-order valence-corrected chi connectivity index (χ3v) is 1.85. The topological polar surface area (TPSA) is 58.2 Å². The molecule has 5 heteroatoms. The first kappa shape index (κ1) is 11.3. The van der Waals surface area contributed by atoms with Crippen LogP contribution in [0.5, 0.6) is 0 Å². The van der Waals surface area contributed by atoms with Gasteiger partial charge in [-0.15, -0.1) is 0 Å². The molecule has 0 atom stereocenters. The van der Waals surface area contributed by atoms with E-state index in [4.69, 9.17) is 0 Å². The first-order valence-corrected chi connectivity index (χ1v) is 4.80. The minimum absolute atomic E-state index is 0.0766. The lowest BCUT2D eigenvalue weighted by Crippen LogP contribution is -2.36. The number of urea groups is 1. The van der Waals surface area contributed by atoms with E-state index in [1.807, 2.05) is 6.92 Å². The maximum absolute atomic E-state index is 10.8. The van der Waals surface area contributed by atoms with Crippen molar-refractivity contribution in [3.8, 4) is 0 Å². The lowest BCUT2D eigenvalue weighted by atomic mass is 10.7. The van der Waals surface area contributed by atoms with E-state index < -0.39 is 0 Å². The van der Waals surface area contributed by atoms with Crippen molar-refractivity contribution in [1.29, 1.82) is 0 Å². The van der Waals surface area contributed by atoms with Crippen LogP contribution in [0.3, 0.4) is 0 Å². The van der Waals surface area contributed by atoms with Gasteiger partial charge in [-0.05, 0) is 6.92 Å². The number of nitrogens with one attached hydrogen (secondary N) is 2. The molecule has 4 nitrogen and oxygen atoms in total. The summed E-state index contributed by atoms with van der Waals surface area (Å²) in [6, 6.07) is -0.179. The monoisotopic (exact) mass is 190 g/mol. The van der Waals surface area contributed by atoms with E-state index in [0.717, 1.165) is 0 Å². The predicted octanol–water partition coefficient (Wildman–Crippen LogP) is 0.585. The van der Waals surface area contributed by atoms with Crippen LogP contribution in [0.4, 0.5) is 4.79 Å². The molecule has 2 N–H and O–H groups in total. The van der Waals surface area contributed by atoms with E-state index in [1.165, 1.54) is 18.7 Å². The molecule has 0 unspecified atom stereocenters. The molecule has 0 aliphatic heterocycles. The molecule has 0 spiro atoms. The summed E-state index contributed by atoms with van der Waals surface area (Å²) in [5, 5.41) is 5.28. The second-order valence-corrected chi connectivity index (χ2v) is 3.40. The predicted molar refractivity (Wildman–Crippen MR) is 50.2 cm³/mol. The fraction of sp³-hybridized carbons (Fsp3) is 0.714. The first-order chi connectivity index (χ1) is 5.66. The molecule has 12 heavy (non-hydrogen) atoms. The quantitative estimate of drug-likeness (QED) is 0.638. The summed E-state index contributed by atoms with van der Waals surface area (Å²) in [6.07, 6.45) is 0. The number of hydrogen-bond donors (Lipinski definition) is 2. The molecule has 70 valence electrons. The van der Waals surface area contributed by atoms with Crippen molar-refractivity contribution >= 4 is 22.9 Å². The molecule has 0 heterocycles. The molecular weight excluding hydrogens is 176 g/mol. The van der Waals surface area contributed by atoms with E-state index in [2.05, 4.69) is 10.6 Å². The molecule has 0 aliphatic carbocycles. The highest BCUT2D eigenvalue weighted by atomic mass is 32.2. The van der Waals surface area contributed by atoms with Crippen molar-refractivity contribution in [2.45, 2.75) is 13.8 Å². The van der Waals surface area contributed by atoms with Crippen molar-refractivity contribution in [3.05, 3.63) is 0 Å². The molecule has 0 aromatic rings. The van der Waals surface area contributed by atoms with Gasteiger partial charge in [-0.2, -0.15) is 0 Å². The summed E-state index contributed by atoms with van der Waals surface area (Å²) in [7, 11) is 0. The largest absolute Gasteiger partial charge is 0.338 e. The van der Waals surface area contributed by atoms with Gasteiger partial charge in [-0.25, -0.2) is 4.79 Å². The maximum atomic E-state index is 10.8. The minimum atomic E-state index is -0.179. The highest BCUT2D eigenvalue weighted by Gasteiger charge is 1.97. The average Bonchev–Trinajstić information content (AvgIpc) is 1.98. The van der Waals surface area contributed by atoms with Crippen LogP contribution in [-0.4, -0.2) is 30.0 Å². The number of hydrogen-bond acceptors (Lipinski definition) is 3. The first-order valence-electron chi connectivity index (χ1n) is 3.82. The molecule has 0 rings (SSSR count). The van der Waals surface area contributed by atoms with Crippen molar-refractivity contribution < 1.29 is 9.59 Å². The van der Waals surface area contributed by atoms with Crippen LogP contribution in [0.15, 0.2) is 0 Å². The van der Waals surface area contributed by atoms with E-state index in [1.54, 1.807) is 0 Å². The molecule has 2 amide bonds. The summed E-state index contributed by atoms with van der Waals surface area (Å²) in [5.41, 5.74) is 0. The lowest BCUT2D eigenvalue weighted by molar-refractivity contribution is -0.109. The zero-order valence-electron chi connectivity index (χ0n) is 7.35. The summed E-state index contributed by atoms with van der Waals surface area (Å²) >= 11 is 1.21. The molecule has 0 aromatic carbocycles. The lowest BCUT2D eigenvalue weighted by Gasteiger charge is -2.03. The second-order valence-electron chi connectivity index (χ2n) is 2.13. The van der Waals surface area contributed by atoms with Crippen molar-refractivity contribution in [2.24, 2.45) is 0 Å². The molecule has 0 bridgehead atoms. The minimum Gasteiger partial charge on any atom is -0.338 e. The molecule has 0 aromatic heterocycles. The van der Waals surface area contributed by atoms with Gasteiger partial charge >= 0.3 is 6.03 Å². The molecule has 0 aliphatic rings. The highest BCUT2D eigenvalue weighted by molar-refractivity contribution is 8.13. The van der Waals surface area contributed by atoms with E-state index >= 15 is 0 Å². The van der Waals surface area contributed by atoms with Gasteiger partial charge in [0.15, 0.2) is 5.12 Å². The normalized spacial score (nSPS) is 9.17. The number of rotatable bonds is 4. The SMILES string of the molecule is CCNC(=O)NCCSC(C)=O. The number of amides is 2. The Morgan fingerprint density at radius 1 is 1.33 bits per heavy atom. The Labute approximate surface area is 76.5 Å². The third-order valence-electron chi connectivity index (χ3n) is 1.03. The smallest absolute Gasteiger partial charge is 0.314 e. The third kappa shape index (κ3) is 7.40. The summed E-state index contributed by atoms with van der Waals surface area (Å²) < 4.78 is 0. The van der Waals surface area contributed by atoms with Gasteiger partial charge < -0.3 is 10.6 Å². The van der Waals surface area contributed by atoms with Crippen LogP contribution in [-0.2, 0) is 4.79 Å². The van der Waals surface area contributed by atoms with Crippen LogP contribution >= 0.6 is 11.8 Å². The molecule has 0 fully saturated rings. The van der Waals surface area contributed by atoms with Gasteiger partial charge in [0.05, 0.1) is 0 Å². The second kappa shape index (κ2) is 6.97. The number of thioether (sulfide) groups is 1. The van der Waals surface area contributed by atoms with Crippen molar-refractivity contribution in [1.82, 2.24) is 10.6 Å². The zero-order chi connectivity index (χ0) is 9.40. The Balaban J connectivity index is 3.19. The Morgan fingerprint density at radius 3 is 2.50 bits per heavy atom.